The van der Waals surface area contributed by atoms with Crippen LogP contribution in [0.2, 0.25) is 0 Å². The number of hydrogen-bond donors (Lipinski definition) is 0. The Morgan fingerprint density at radius 2 is 1.80 bits per heavy atom. The number of fused-ring (bicyclic) bond motifs is 3. The Morgan fingerprint density at radius 1 is 1.10 bits per heavy atom. The minimum atomic E-state index is -0.806. The van der Waals surface area contributed by atoms with E-state index in [2.05, 4.69) is 17.0 Å². The highest BCUT2D eigenvalue weighted by molar-refractivity contribution is 6.18. The van der Waals surface area contributed by atoms with Crippen LogP contribution in [0.4, 0.5) is 5.69 Å². The van der Waals surface area contributed by atoms with E-state index in [1.165, 1.54) is 0 Å². The van der Waals surface area contributed by atoms with Gasteiger partial charge in [0.2, 0.25) is 11.5 Å². The molecule has 0 bridgehead atoms. The van der Waals surface area contributed by atoms with E-state index in [-0.39, 0.29) is 11.8 Å². The molecule has 2 aliphatic rings. The third kappa shape index (κ3) is 1.26. The van der Waals surface area contributed by atoms with Crippen LogP contribution in [0.3, 0.4) is 0 Å². The lowest BCUT2D eigenvalue weighted by Gasteiger charge is -2.11. The molecule has 2 aliphatic heterocycles. The SMILES string of the molecule is CCO[C@]12C(=O)c3ccccc3N1[C@@H]2c1ccccc1. The summed E-state index contributed by atoms with van der Waals surface area (Å²) in [6.07, 6.45) is 0. The molecule has 2 heterocycles. The van der Waals surface area contributed by atoms with Gasteiger partial charge in [-0.3, -0.25) is 4.79 Å². The van der Waals surface area contributed by atoms with Gasteiger partial charge in [0.25, 0.3) is 0 Å². The molecular formula is C17H15NO2. The summed E-state index contributed by atoms with van der Waals surface area (Å²) >= 11 is 0. The second-order valence-corrected chi connectivity index (χ2v) is 5.16. The van der Waals surface area contributed by atoms with Crippen LogP contribution in [-0.4, -0.2) is 18.1 Å². The smallest absolute Gasteiger partial charge is 0.231 e. The molecule has 0 unspecified atom stereocenters. The summed E-state index contributed by atoms with van der Waals surface area (Å²) in [6.45, 7) is 2.46. The number of carbonyl (C=O) groups excluding carboxylic acids is 1. The van der Waals surface area contributed by atoms with Crippen molar-refractivity contribution in [3.05, 3.63) is 65.7 Å². The van der Waals surface area contributed by atoms with Crippen LogP contribution in [0.5, 0.6) is 0 Å². The van der Waals surface area contributed by atoms with Gasteiger partial charge < -0.3 is 9.64 Å². The van der Waals surface area contributed by atoms with Gasteiger partial charge in [-0.1, -0.05) is 42.5 Å². The van der Waals surface area contributed by atoms with E-state index >= 15 is 0 Å². The molecule has 3 nitrogen and oxygen atoms in total. The Morgan fingerprint density at radius 3 is 2.55 bits per heavy atom. The monoisotopic (exact) mass is 265 g/mol. The van der Waals surface area contributed by atoms with E-state index in [4.69, 9.17) is 4.74 Å². The molecule has 100 valence electrons. The molecule has 0 amide bonds. The number of Topliss-reactive ketones (excluding diaryl/α,β-unsaturated/α-hetero) is 1. The van der Waals surface area contributed by atoms with E-state index in [1.54, 1.807) is 0 Å². The highest BCUT2D eigenvalue weighted by Gasteiger charge is 2.74. The second-order valence-electron chi connectivity index (χ2n) is 5.16. The Bertz CT molecular complexity index is 676. The Kier molecular flexibility index (Phi) is 2.30. The van der Waals surface area contributed by atoms with Crippen molar-refractivity contribution >= 4 is 11.5 Å². The molecule has 2 aromatic rings. The minimum Gasteiger partial charge on any atom is -0.347 e. The number of para-hydroxylation sites is 1. The molecule has 0 spiro atoms. The van der Waals surface area contributed by atoms with Crippen LogP contribution < -0.4 is 4.90 Å². The molecule has 1 saturated heterocycles. The Labute approximate surface area is 117 Å². The summed E-state index contributed by atoms with van der Waals surface area (Å²) in [5.41, 5.74) is 2.08. The number of benzene rings is 2. The van der Waals surface area contributed by atoms with Crippen molar-refractivity contribution in [2.24, 2.45) is 0 Å². The largest absolute Gasteiger partial charge is 0.347 e. The van der Waals surface area contributed by atoms with Crippen LogP contribution in [0.15, 0.2) is 54.6 Å². The van der Waals surface area contributed by atoms with E-state index in [9.17, 15) is 4.79 Å². The average molecular weight is 265 g/mol. The lowest BCUT2D eigenvalue weighted by atomic mass is 9.99. The minimum absolute atomic E-state index is 0.00560. The number of hydrogen-bond acceptors (Lipinski definition) is 3. The van der Waals surface area contributed by atoms with Gasteiger partial charge in [-0.25, -0.2) is 0 Å². The molecule has 3 heteroatoms. The van der Waals surface area contributed by atoms with Crippen LogP contribution in [0.25, 0.3) is 0 Å². The maximum atomic E-state index is 12.8. The molecule has 2 atom stereocenters. The molecule has 20 heavy (non-hydrogen) atoms. The van der Waals surface area contributed by atoms with Crippen molar-refractivity contribution in [3.8, 4) is 0 Å². The van der Waals surface area contributed by atoms with E-state index < -0.39 is 5.72 Å². The van der Waals surface area contributed by atoms with Gasteiger partial charge in [-0.05, 0) is 24.6 Å². The summed E-state index contributed by atoms with van der Waals surface area (Å²) in [5.74, 6) is 0.0869. The highest BCUT2D eigenvalue weighted by Crippen LogP contribution is 2.63. The van der Waals surface area contributed by atoms with Gasteiger partial charge in [0.05, 0.1) is 5.69 Å². The topological polar surface area (TPSA) is 29.3 Å². The summed E-state index contributed by atoms with van der Waals surface area (Å²) < 4.78 is 5.90. The van der Waals surface area contributed by atoms with E-state index in [1.807, 2.05) is 49.4 Å². The van der Waals surface area contributed by atoms with Gasteiger partial charge in [-0.15, -0.1) is 0 Å². The van der Waals surface area contributed by atoms with Crippen molar-refractivity contribution in [1.29, 1.82) is 0 Å². The number of ketones is 1. The van der Waals surface area contributed by atoms with Crippen LogP contribution >= 0.6 is 0 Å². The van der Waals surface area contributed by atoms with E-state index in [0.29, 0.717) is 6.61 Å². The fourth-order valence-corrected chi connectivity index (χ4v) is 3.34. The zero-order valence-electron chi connectivity index (χ0n) is 11.2. The number of nitrogens with zero attached hydrogens (tertiary/aromatic N) is 1. The highest BCUT2D eigenvalue weighted by atomic mass is 16.5. The van der Waals surface area contributed by atoms with Crippen molar-refractivity contribution in [2.45, 2.75) is 18.7 Å². The predicted octanol–water partition coefficient (Wildman–Crippen LogP) is 3.18. The van der Waals surface area contributed by atoms with Crippen molar-refractivity contribution in [1.82, 2.24) is 0 Å². The van der Waals surface area contributed by atoms with Crippen molar-refractivity contribution in [3.63, 3.8) is 0 Å². The zero-order valence-corrected chi connectivity index (χ0v) is 11.2. The molecule has 0 saturated carbocycles. The Hall–Kier alpha value is -2.13. The van der Waals surface area contributed by atoms with Gasteiger partial charge in [-0.2, -0.15) is 0 Å². The fourth-order valence-electron chi connectivity index (χ4n) is 3.34. The number of rotatable bonds is 3. The Balaban J connectivity index is 1.84. The lowest BCUT2D eigenvalue weighted by molar-refractivity contribution is 0.0340. The molecule has 0 N–H and O–H groups in total. The molecule has 4 rings (SSSR count). The molecule has 2 aromatic carbocycles. The van der Waals surface area contributed by atoms with Gasteiger partial charge in [0.1, 0.15) is 6.04 Å². The normalized spacial score (nSPS) is 26.4. The van der Waals surface area contributed by atoms with Crippen LogP contribution in [-0.2, 0) is 4.74 Å². The first-order valence-electron chi connectivity index (χ1n) is 6.92. The predicted molar refractivity (Wildman–Crippen MR) is 76.8 cm³/mol. The summed E-state index contributed by atoms with van der Waals surface area (Å²) in [6, 6.07) is 17.9. The molecule has 0 aliphatic carbocycles. The molecule has 0 aromatic heterocycles. The first-order valence-corrected chi connectivity index (χ1v) is 6.92. The first-order chi connectivity index (χ1) is 9.80. The quantitative estimate of drug-likeness (QED) is 0.798. The van der Waals surface area contributed by atoms with Gasteiger partial charge in [0.15, 0.2) is 0 Å². The summed E-state index contributed by atoms with van der Waals surface area (Å²) in [7, 11) is 0. The average Bonchev–Trinajstić information content (AvgIpc) is 3.10. The number of carbonyl (C=O) groups is 1. The van der Waals surface area contributed by atoms with Gasteiger partial charge >= 0.3 is 0 Å². The second kappa shape index (κ2) is 3.93. The maximum Gasteiger partial charge on any atom is 0.231 e. The summed E-state index contributed by atoms with van der Waals surface area (Å²) in [5, 5.41) is 0. The molecule has 1 fully saturated rings. The number of anilines is 1. The zero-order chi connectivity index (χ0) is 13.7. The lowest BCUT2D eigenvalue weighted by Crippen LogP contribution is -2.28. The van der Waals surface area contributed by atoms with Crippen LogP contribution in [0.1, 0.15) is 28.9 Å². The molecular weight excluding hydrogens is 250 g/mol. The first kappa shape index (κ1) is 11.7. The summed E-state index contributed by atoms with van der Waals surface area (Å²) in [4.78, 5) is 14.9. The maximum absolute atomic E-state index is 12.8. The fraction of sp³-hybridized carbons (Fsp3) is 0.235. The van der Waals surface area contributed by atoms with Crippen LogP contribution in [0, 0.1) is 0 Å². The van der Waals surface area contributed by atoms with Gasteiger partial charge in [0, 0.05) is 12.2 Å². The molecule has 0 radical (unpaired) electrons. The van der Waals surface area contributed by atoms with Crippen molar-refractivity contribution in [2.75, 3.05) is 11.5 Å². The number of ether oxygens (including phenoxy) is 1. The third-order valence-electron chi connectivity index (χ3n) is 4.13. The van der Waals surface area contributed by atoms with E-state index in [0.717, 1.165) is 16.8 Å². The van der Waals surface area contributed by atoms with Crippen molar-refractivity contribution < 1.29 is 9.53 Å². The standard InChI is InChI=1S/C17H15NO2/c1-2-20-17-15(12-8-4-3-5-9-12)18(17)14-11-7-6-10-13(14)16(17)19/h3-11,15H,2H2,1H3/t15-,17-,18?/m1/s1. The third-order valence-corrected chi connectivity index (χ3v) is 4.13.